The van der Waals surface area contributed by atoms with Gasteiger partial charge in [-0.15, -0.1) is 0 Å². The lowest BCUT2D eigenvalue weighted by molar-refractivity contribution is 0.878. The first kappa shape index (κ1) is 13.7. The van der Waals surface area contributed by atoms with Gasteiger partial charge in [0.15, 0.2) is 0 Å². The second-order valence-corrected chi connectivity index (χ2v) is 5.94. The molecule has 1 atom stereocenters. The SMILES string of the molecule is Nc1cc(-c2ccc3ccccc3c2)cc(C2C=CC#CC2)c1. The molecule has 0 saturated carbocycles. The summed E-state index contributed by atoms with van der Waals surface area (Å²) in [6.07, 6.45) is 4.96. The quantitative estimate of drug-likeness (QED) is 0.514. The molecule has 23 heavy (non-hydrogen) atoms. The Hall–Kier alpha value is -2.98. The number of anilines is 1. The van der Waals surface area contributed by atoms with Gasteiger partial charge in [0.25, 0.3) is 0 Å². The lowest BCUT2D eigenvalue weighted by Crippen LogP contribution is -1.99. The third-order valence-corrected chi connectivity index (χ3v) is 4.32. The molecule has 4 rings (SSSR count). The minimum Gasteiger partial charge on any atom is -0.399 e. The molecule has 0 radical (unpaired) electrons. The molecule has 1 unspecified atom stereocenters. The second kappa shape index (κ2) is 5.66. The number of hydrogen-bond donors (Lipinski definition) is 1. The van der Waals surface area contributed by atoms with Gasteiger partial charge >= 0.3 is 0 Å². The van der Waals surface area contributed by atoms with Gasteiger partial charge in [0.1, 0.15) is 0 Å². The molecule has 0 bridgehead atoms. The van der Waals surface area contributed by atoms with Crippen LogP contribution in [0.15, 0.2) is 72.8 Å². The third-order valence-electron chi connectivity index (χ3n) is 4.32. The molecule has 0 aliphatic heterocycles. The summed E-state index contributed by atoms with van der Waals surface area (Å²) in [6, 6.07) is 21.3. The molecule has 3 aromatic carbocycles. The largest absolute Gasteiger partial charge is 0.399 e. The van der Waals surface area contributed by atoms with Gasteiger partial charge < -0.3 is 5.73 Å². The van der Waals surface area contributed by atoms with Crippen LogP contribution < -0.4 is 5.73 Å². The van der Waals surface area contributed by atoms with E-state index in [2.05, 4.69) is 72.5 Å². The predicted octanol–water partition coefficient (Wildman–Crippen LogP) is 5.14. The van der Waals surface area contributed by atoms with Crippen molar-refractivity contribution in [3.05, 3.63) is 78.4 Å². The van der Waals surface area contributed by atoms with Gasteiger partial charge in [0, 0.05) is 18.0 Å². The van der Waals surface area contributed by atoms with Gasteiger partial charge in [-0.3, -0.25) is 0 Å². The van der Waals surface area contributed by atoms with Crippen LogP contribution in [0.5, 0.6) is 0 Å². The molecule has 1 aliphatic rings. The number of benzene rings is 3. The van der Waals surface area contributed by atoms with Crippen LogP contribution >= 0.6 is 0 Å². The van der Waals surface area contributed by atoms with Crippen molar-refractivity contribution in [1.29, 1.82) is 0 Å². The molecule has 2 N–H and O–H groups in total. The van der Waals surface area contributed by atoms with Crippen LogP contribution in [0.1, 0.15) is 17.9 Å². The fourth-order valence-electron chi connectivity index (χ4n) is 3.12. The van der Waals surface area contributed by atoms with E-state index in [9.17, 15) is 0 Å². The second-order valence-electron chi connectivity index (χ2n) is 5.94. The fourth-order valence-corrected chi connectivity index (χ4v) is 3.12. The Balaban J connectivity index is 1.79. The highest BCUT2D eigenvalue weighted by atomic mass is 14.5. The van der Waals surface area contributed by atoms with Gasteiger partial charge in [-0.05, 0) is 51.7 Å². The number of nitrogen functional groups attached to an aromatic ring is 1. The van der Waals surface area contributed by atoms with Crippen molar-refractivity contribution in [2.75, 3.05) is 5.73 Å². The monoisotopic (exact) mass is 295 g/mol. The summed E-state index contributed by atoms with van der Waals surface area (Å²) in [5, 5.41) is 2.50. The first-order chi connectivity index (χ1) is 11.3. The Labute approximate surface area is 136 Å². The van der Waals surface area contributed by atoms with E-state index in [1.165, 1.54) is 21.9 Å². The Morgan fingerprint density at radius 1 is 0.870 bits per heavy atom. The van der Waals surface area contributed by atoms with Crippen LogP contribution in [-0.2, 0) is 0 Å². The van der Waals surface area contributed by atoms with Crippen molar-refractivity contribution in [3.8, 4) is 23.0 Å². The molecule has 1 aliphatic carbocycles. The molecule has 3 aromatic rings. The van der Waals surface area contributed by atoms with E-state index in [1.807, 2.05) is 12.1 Å². The Morgan fingerprint density at radius 3 is 2.57 bits per heavy atom. The smallest absolute Gasteiger partial charge is 0.0323 e. The summed E-state index contributed by atoms with van der Waals surface area (Å²) in [7, 11) is 0. The van der Waals surface area contributed by atoms with Crippen molar-refractivity contribution < 1.29 is 0 Å². The van der Waals surface area contributed by atoms with Crippen LogP contribution in [0.4, 0.5) is 5.69 Å². The molecule has 0 spiro atoms. The lowest BCUT2D eigenvalue weighted by atomic mass is 9.90. The van der Waals surface area contributed by atoms with E-state index in [0.717, 1.165) is 17.7 Å². The number of fused-ring (bicyclic) bond motifs is 1. The molecular formula is C22H17N. The lowest BCUT2D eigenvalue weighted by Gasteiger charge is -2.15. The maximum absolute atomic E-state index is 6.16. The Bertz CT molecular complexity index is 970. The van der Waals surface area contributed by atoms with Crippen LogP contribution in [0, 0.1) is 11.8 Å². The molecule has 0 heterocycles. The summed E-state index contributed by atoms with van der Waals surface area (Å²) < 4.78 is 0. The zero-order valence-electron chi connectivity index (χ0n) is 12.8. The highest BCUT2D eigenvalue weighted by Crippen LogP contribution is 2.31. The Kier molecular flexibility index (Phi) is 3.37. The number of nitrogens with two attached hydrogens (primary N) is 1. The standard InChI is InChI=1S/C22H17N/c23-22-14-20(16-6-2-1-3-7-16)13-21(15-22)19-11-10-17-8-4-5-9-18(17)12-19/h2,4-6,8-16H,7,23H2. The summed E-state index contributed by atoms with van der Waals surface area (Å²) >= 11 is 0. The highest BCUT2D eigenvalue weighted by Gasteiger charge is 2.11. The van der Waals surface area contributed by atoms with Gasteiger partial charge in [0.05, 0.1) is 0 Å². The molecule has 1 heteroatoms. The highest BCUT2D eigenvalue weighted by molar-refractivity contribution is 5.87. The summed E-state index contributed by atoms with van der Waals surface area (Å²) in [5.41, 5.74) is 10.6. The Morgan fingerprint density at radius 2 is 1.74 bits per heavy atom. The van der Waals surface area contributed by atoms with Crippen molar-refractivity contribution >= 4 is 16.5 Å². The van der Waals surface area contributed by atoms with E-state index in [0.29, 0.717) is 5.92 Å². The van der Waals surface area contributed by atoms with Gasteiger partial charge in [-0.25, -0.2) is 0 Å². The summed E-state index contributed by atoms with van der Waals surface area (Å²) in [4.78, 5) is 0. The van der Waals surface area contributed by atoms with E-state index in [-0.39, 0.29) is 0 Å². The maximum atomic E-state index is 6.16. The summed E-state index contributed by atoms with van der Waals surface area (Å²) in [6.45, 7) is 0. The average Bonchev–Trinajstić information content (AvgIpc) is 2.61. The first-order valence-electron chi connectivity index (χ1n) is 7.84. The van der Waals surface area contributed by atoms with E-state index in [1.54, 1.807) is 0 Å². The topological polar surface area (TPSA) is 26.0 Å². The van der Waals surface area contributed by atoms with Crippen molar-refractivity contribution in [2.24, 2.45) is 0 Å². The minimum absolute atomic E-state index is 0.332. The zero-order chi connectivity index (χ0) is 15.6. The van der Waals surface area contributed by atoms with Gasteiger partial charge in [0.2, 0.25) is 0 Å². The molecular weight excluding hydrogens is 278 g/mol. The normalized spacial score (nSPS) is 16.1. The van der Waals surface area contributed by atoms with Crippen LogP contribution in [-0.4, -0.2) is 0 Å². The summed E-state index contributed by atoms with van der Waals surface area (Å²) in [5.74, 6) is 6.49. The van der Waals surface area contributed by atoms with Gasteiger partial charge in [-0.1, -0.05) is 60.4 Å². The van der Waals surface area contributed by atoms with Gasteiger partial charge in [-0.2, -0.15) is 0 Å². The van der Waals surface area contributed by atoms with Crippen LogP contribution in [0.3, 0.4) is 0 Å². The molecule has 0 aromatic heterocycles. The third kappa shape index (κ3) is 2.72. The minimum atomic E-state index is 0.332. The number of allylic oxidation sites excluding steroid dienone is 2. The molecule has 0 saturated heterocycles. The van der Waals surface area contributed by atoms with E-state index >= 15 is 0 Å². The zero-order valence-corrected chi connectivity index (χ0v) is 12.8. The van der Waals surface area contributed by atoms with Crippen molar-refractivity contribution in [3.63, 3.8) is 0 Å². The predicted molar refractivity (Wildman–Crippen MR) is 98.1 cm³/mol. The number of hydrogen-bond acceptors (Lipinski definition) is 1. The van der Waals surface area contributed by atoms with Crippen LogP contribution in [0.25, 0.3) is 21.9 Å². The van der Waals surface area contributed by atoms with E-state index in [4.69, 9.17) is 5.73 Å². The number of rotatable bonds is 2. The van der Waals surface area contributed by atoms with Crippen LogP contribution in [0.2, 0.25) is 0 Å². The first-order valence-corrected chi connectivity index (χ1v) is 7.84. The average molecular weight is 295 g/mol. The molecule has 110 valence electrons. The maximum Gasteiger partial charge on any atom is 0.0323 e. The molecule has 0 fully saturated rings. The van der Waals surface area contributed by atoms with Crippen molar-refractivity contribution in [2.45, 2.75) is 12.3 Å². The van der Waals surface area contributed by atoms with E-state index < -0.39 is 0 Å². The molecule has 1 nitrogen and oxygen atoms in total. The molecule has 0 amide bonds. The van der Waals surface area contributed by atoms with Crippen molar-refractivity contribution in [1.82, 2.24) is 0 Å². The fraction of sp³-hybridized carbons (Fsp3) is 0.0909.